The molecule has 2 aromatic heterocycles. The van der Waals surface area contributed by atoms with Crippen molar-refractivity contribution in [1.29, 1.82) is 0 Å². The fourth-order valence-electron chi connectivity index (χ4n) is 3.34. The van der Waals surface area contributed by atoms with Crippen molar-refractivity contribution in [3.8, 4) is 0 Å². The van der Waals surface area contributed by atoms with Crippen LogP contribution in [0.2, 0.25) is 0 Å². The minimum atomic E-state index is 0.680. The smallest absolute Gasteiger partial charge is 0.254 e. The summed E-state index contributed by atoms with van der Waals surface area (Å²) in [5.74, 6) is 1.76. The van der Waals surface area contributed by atoms with E-state index in [-0.39, 0.29) is 0 Å². The molecule has 0 saturated carbocycles. The van der Waals surface area contributed by atoms with Crippen molar-refractivity contribution >= 4 is 17.2 Å². The molecule has 3 aromatic rings. The fourth-order valence-corrected chi connectivity index (χ4v) is 3.34. The SMILES string of the molecule is CCc1ccc(C2=CCN(c3cc(CC)nc4ncnn34)CC2)cc1. The first-order valence-corrected chi connectivity index (χ1v) is 9.01. The minimum absolute atomic E-state index is 0.680. The Labute approximate surface area is 148 Å². The van der Waals surface area contributed by atoms with Crippen molar-refractivity contribution in [3.63, 3.8) is 0 Å². The van der Waals surface area contributed by atoms with E-state index in [1.165, 1.54) is 16.7 Å². The van der Waals surface area contributed by atoms with Crippen LogP contribution in [0.25, 0.3) is 11.4 Å². The second kappa shape index (κ2) is 6.67. The quantitative estimate of drug-likeness (QED) is 0.732. The molecule has 1 aliphatic rings. The number of hydrogen-bond acceptors (Lipinski definition) is 4. The molecule has 0 saturated heterocycles. The average Bonchev–Trinajstić information content (AvgIpc) is 3.16. The maximum absolute atomic E-state index is 4.54. The summed E-state index contributed by atoms with van der Waals surface area (Å²) in [5, 5.41) is 4.35. The normalized spacial score (nSPS) is 14.8. The lowest BCUT2D eigenvalue weighted by Crippen LogP contribution is -2.30. The van der Waals surface area contributed by atoms with Crippen LogP contribution in [0.3, 0.4) is 0 Å². The molecular formula is C20H23N5. The molecule has 25 heavy (non-hydrogen) atoms. The number of fused-ring (bicyclic) bond motifs is 1. The molecule has 0 aliphatic carbocycles. The Hall–Kier alpha value is -2.69. The summed E-state index contributed by atoms with van der Waals surface area (Å²) in [5.41, 5.74) is 5.21. The third-order valence-electron chi connectivity index (χ3n) is 4.91. The second-order valence-electron chi connectivity index (χ2n) is 6.41. The van der Waals surface area contributed by atoms with Crippen LogP contribution in [0.4, 0.5) is 5.82 Å². The van der Waals surface area contributed by atoms with Gasteiger partial charge >= 0.3 is 0 Å². The van der Waals surface area contributed by atoms with Crippen LogP contribution < -0.4 is 4.90 Å². The van der Waals surface area contributed by atoms with Crippen LogP contribution in [0.15, 0.2) is 42.7 Å². The Morgan fingerprint density at radius 1 is 1.08 bits per heavy atom. The van der Waals surface area contributed by atoms with Gasteiger partial charge in [0.25, 0.3) is 5.78 Å². The molecule has 0 fully saturated rings. The van der Waals surface area contributed by atoms with Crippen LogP contribution in [-0.2, 0) is 12.8 Å². The third kappa shape index (κ3) is 3.02. The lowest BCUT2D eigenvalue weighted by Gasteiger charge is -2.28. The van der Waals surface area contributed by atoms with Crippen LogP contribution in [0.1, 0.15) is 37.1 Å². The number of anilines is 1. The molecule has 0 atom stereocenters. The average molecular weight is 333 g/mol. The molecule has 0 spiro atoms. The van der Waals surface area contributed by atoms with Gasteiger partial charge in [-0.3, -0.25) is 0 Å². The first-order valence-electron chi connectivity index (χ1n) is 9.01. The molecule has 4 rings (SSSR count). The van der Waals surface area contributed by atoms with Crippen molar-refractivity contribution in [1.82, 2.24) is 19.6 Å². The van der Waals surface area contributed by atoms with Crippen LogP contribution in [0.5, 0.6) is 0 Å². The number of benzene rings is 1. The summed E-state index contributed by atoms with van der Waals surface area (Å²) in [6, 6.07) is 11.1. The summed E-state index contributed by atoms with van der Waals surface area (Å²) in [4.78, 5) is 11.1. The van der Waals surface area contributed by atoms with Gasteiger partial charge in [-0.05, 0) is 36.0 Å². The predicted molar refractivity (Wildman–Crippen MR) is 101 cm³/mol. The number of nitrogens with zero attached hydrogens (tertiary/aromatic N) is 5. The van der Waals surface area contributed by atoms with Gasteiger partial charge in [-0.15, -0.1) is 0 Å². The van der Waals surface area contributed by atoms with Gasteiger partial charge in [-0.1, -0.05) is 44.2 Å². The highest BCUT2D eigenvalue weighted by atomic mass is 15.4. The molecule has 0 unspecified atom stereocenters. The zero-order valence-electron chi connectivity index (χ0n) is 14.8. The van der Waals surface area contributed by atoms with E-state index in [1.807, 2.05) is 4.52 Å². The van der Waals surface area contributed by atoms with Crippen molar-refractivity contribution < 1.29 is 0 Å². The fraction of sp³-hybridized carbons (Fsp3) is 0.350. The van der Waals surface area contributed by atoms with Crippen LogP contribution in [-0.4, -0.2) is 32.7 Å². The van der Waals surface area contributed by atoms with Gasteiger partial charge in [0.05, 0.1) is 0 Å². The summed E-state index contributed by atoms with van der Waals surface area (Å²) < 4.78 is 1.84. The van der Waals surface area contributed by atoms with Gasteiger partial charge in [0, 0.05) is 24.8 Å². The highest BCUT2D eigenvalue weighted by Crippen LogP contribution is 2.26. The summed E-state index contributed by atoms with van der Waals surface area (Å²) in [6.07, 6.45) is 6.92. The van der Waals surface area contributed by atoms with Crippen LogP contribution in [0, 0.1) is 0 Å². The van der Waals surface area contributed by atoms with Crippen molar-refractivity contribution in [2.45, 2.75) is 33.1 Å². The maximum Gasteiger partial charge on any atom is 0.254 e. The van der Waals surface area contributed by atoms with Crippen molar-refractivity contribution in [2.24, 2.45) is 0 Å². The van der Waals surface area contributed by atoms with E-state index in [9.17, 15) is 0 Å². The molecule has 0 amide bonds. The zero-order chi connectivity index (χ0) is 17.2. The Morgan fingerprint density at radius 2 is 1.92 bits per heavy atom. The highest BCUT2D eigenvalue weighted by molar-refractivity contribution is 5.68. The highest BCUT2D eigenvalue weighted by Gasteiger charge is 2.17. The molecule has 5 nitrogen and oxygen atoms in total. The van der Waals surface area contributed by atoms with E-state index >= 15 is 0 Å². The number of hydrogen-bond donors (Lipinski definition) is 0. The summed E-state index contributed by atoms with van der Waals surface area (Å²) in [7, 11) is 0. The molecule has 1 aromatic carbocycles. The zero-order valence-corrected chi connectivity index (χ0v) is 14.8. The maximum atomic E-state index is 4.54. The van der Waals surface area contributed by atoms with E-state index in [4.69, 9.17) is 0 Å². The van der Waals surface area contributed by atoms with Gasteiger partial charge in [-0.2, -0.15) is 14.6 Å². The van der Waals surface area contributed by atoms with Gasteiger partial charge in [0.15, 0.2) is 0 Å². The molecule has 1 aliphatic heterocycles. The number of rotatable bonds is 4. The number of aryl methyl sites for hydroxylation is 2. The molecular weight excluding hydrogens is 310 g/mol. The standard InChI is InChI=1S/C20H23N5/c1-3-15-5-7-16(8-6-15)17-9-11-24(12-10-17)19-13-18(4-2)23-20-21-14-22-25(19)20/h5-9,13-14H,3-4,10-12H2,1-2H3. The van der Waals surface area contributed by atoms with Crippen LogP contribution >= 0.6 is 0 Å². The van der Waals surface area contributed by atoms with E-state index in [2.05, 4.69) is 70.2 Å². The van der Waals surface area contributed by atoms with E-state index in [0.29, 0.717) is 5.78 Å². The number of aromatic nitrogens is 4. The van der Waals surface area contributed by atoms with E-state index < -0.39 is 0 Å². The Balaban J connectivity index is 1.60. The largest absolute Gasteiger partial charge is 0.352 e. The summed E-state index contributed by atoms with van der Waals surface area (Å²) in [6.45, 7) is 6.17. The molecule has 0 radical (unpaired) electrons. The Morgan fingerprint density at radius 3 is 2.60 bits per heavy atom. The molecule has 128 valence electrons. The van der Waals surface area contributed by atoms with Gasteiger partial charge in [0.1, 0.15) is 12.1 Å². The van der Waals surface area contributed by atoms with Gasteiger partial charge in [-0.25, -0.2) is 4.98 Å². The predicted octanol–water partition coefficient (Wildman–Crippen LogP) is 3.54. The second-order valence-corrected chi connectivity index (χ2v) is 6.41. The lowest BCUT2D eigenvalue weighted by molar-refractivity contribution is 0.775. The minimum Gasteiger partial charge on any atom is -0.352 e. The van der Waals surface area contributed by atoms with E-state index in [1.54, 1.807) is 6.33 Å². The molecule has 0 bridgehead atoms. The Bertz CT molecular complexity index is 907. The third-order valence-corrected chi connectivity index (χ3v) is 4.91. The van der Waals surface area contributed by atoms with Gasteiger partial charge < -0.3 is 4.90 Å². The molecule has 0 N–H and O–H groups in total. The van der Waals surface area contributed by atoms with E-state index in [0.717, 1.165) is 43.9 Å². The lowest BCUT2D eigenvalue weighted by atomic mass is 9.98. The van der Waals surface area contributed by atoms with Crippen molar-refractivity contribution in [3.05, 3.63) is 59.6 Å². The Kier molecular flexibility index (Phi) is 4.22. The molecule has 3 heterocycles. The molecule has 5 heteroatoms. The monoisotopic (exact) mass is 333 g/mol. The van der Waals surface area contributed by atoms with Crippen molar-refractivity contribution in [2.75, 3.05) is 18.0 Å². The van der Waals surface area contributed by atoms with Gasteiger partial charge in [0.2, 0.25) is 0 Å². The summed E-state index contributed by atoms with van der Waals surface area (Å²) >= 11 is 0. The first-order chi connectivity index (χ1) is 12.3. The topological polar surface area (TPSA) is 46.3 Å². The first kappa shape index (κ1) is 15.8.